The van der Waals surface area contributed by atoms with Gasteiger partial charge in [-0.1, -0.05) is 6.07 Å². The van der Waals surface area contributed by atoms with Gasteiger partial charge in [-0.05, 0) is 32.1 Å². The van der Waals surface area contributed by atoms with E-state index in [2.05, 4.69) is 22.2 Å². The Morgan fingerprint density at radius 3 is 3.10 bits per heavy atom. The van der Waals surface area contributed by atoms with Crippen LogP contribution in [-0.2, 0) is 6.54 Å². The third-order valence-electron chi connectivity index (χ3n) is 3.69. The minimum absolute atomic E-state index is 0. The molecule has 20 heavy (non-hydrogen) atoms. The first-order chi connectivity index (χ1) is 9.24. The average molecular weight is 295 g/mol. The van der Waals surface area contributed by atoms with Crippen LogP contribution in [0, 0.1) is 0 Å². The van der Waals surface area contributed by atoms with Crippen LogP contribution in [0.25, 0.3) is 5.65 Å². The molecule has 2 aromatic heterocycles. The minimum atomic E-state index is -0.0152. The summed E-state index contributed by atoms with van der Waals surface area (Å²) in [6.07, 6.45) is 2.90. The van der Waals surface area contributed by atoms with Crippen LogP contribution in [-0.4, -0.2) is 40.5 Å². The molecule has 108 valence electrons. The number of likely N-dealkylation sites (N-methyl/N-ethyl adjacent to an activating group) is 1. The van der Waals surface area contributed by atoms with Crippen molar-refractivity contribution in [3.05, 3.63) is 46.5 Å². The van der Waals surface area contributed by atoms with E-state index in [1.807, 2.05) is 18.2 Å². The predicted molar refractivity (Wildman–Crippen MR) is 81.5 cm³/mol. The van der Waals surface area contributed by atoms with Crippen LogP contribution in [0.15, 0.2) is 35.3 Å². The lowest BCUT2D eigenvalue weighted by Crippen LogP contribution is -2.33. The van der Waals surface area contributed by atoms with E-state index in [-0.39, 0.29) is 18.0 Å². The van der Waals surface area contributed by atoms with Crippen LogP contribution < -0.4 is 10.9 Å². The Labute approximate surface area is 124 Å². The van der Waals surface area contributed by atoms with E-state index in [0.717, 1.165) is 25.2 Å². The van der Waals surface area contributed by atoms with E-state index in [0.29, 0.717) is 18.2 Å². The Bertz CT molecular complexity index is 636. The Kier molecular flexibility index (Phi) is 4.75. The maximum absolute atomic E-state index is 12.0. The van der Waals surface area contributed by atoms with Crippen LogP contribution in [0.1, 0.15) is 12.1 Å². The molecule has 3 rings (SSSR count). The number of pyridine rings is 1. The fraction of sp³-hybridized carbons (Fsp3) is 0.429. The molecular weight excluding hydrogens is 276 g/mol. The summed E-state index contributed by atoms with van der Waals surface area (Å²) >= 11 is 0. The van der Waals surface area contributed by atoms with Crippen LogP contribution in [0.4, 0.5) is 0 Å². The smallest absolute Gasteiger partial charge is 0.258 e. The Hall–Kier alpha value is -1.43. The summed E-state index contributed by atoms with van der Waals surface area (Å²) in [6.45, 7) is 2.80. The first kappa shape index (κ1) is 15.0. The lowest BCUT2D eigenvalue weighted by atomic mass is 10.2. The van der Waals surface area contributed by atoms with Gasteiger partial charge in [-0.25, -0.2) is 4.98 Å². The summed E-state index contributed by atoms with van der Waals surface area (Å²) in [6, 6.07) is 7.77. The molecule has 1 unspecified atom stereocenters. The second kappa shape index (κ2) is 6.35. The highest BCUT2D eigenvalue weighted by molar-refractivity contribution is 5.85. The number of halogens is 1. The van der Waals surface area contributed by atoms with Crippen LogP contribution in [0.2, 0.25) is 0 Å². The van der Waals surface area contributed by atoms with E-state index < -0.39 is 0 Å². The molecule has 0 radical (unpaired) electrons. The maximum Gasteiger partial charge on any atom is 0.258 e. The van der Waals surface area contributed by atoms with Gasteiger partial charge in [0.2, 0.25) is 0 Å². The van der Waals surface area contributed by atoms with Gasteiger partial charge in [-0.15, -0.1) is 12.4 Å². The summed E-state index contributed by atoms with van der Waals surface area (Å²) in [5.74, 6) is 0. The van der Waals surface area contributed by atoms with Crippen molar-refractivity contribution in [3.63, 3.8) is 0 Å². The minimum Gasteiger partial charge on any atom is -0.315 e. The second-order valence-electron chi connectivity index (χ2n) is 5.08. The molecule has 0 aliphatic carbocycles. The average Bonchev–Trinajstić information content (AvgIpc) is 2.93. The molecule has 1 aliphatic rings. The number of aromatic nitrogens is 2. The topological polar surface area (TPSA) is 49.6 Å². The van der Waals surface area contributed by atoms with Gasteiger partial charge < -0.3 is 5.32 Å². The van der Waals surface area contributed by atoms with Crippen molar-refractivity contribution < 1.29 is 0 Å². The monoisotopic (exact) mass is 294 g/mol. The molecule has 0 amide bonds. The van der Waals surface area contributed by atoms with Gasteiger partial charge in [0.25, 0.3) is 5.56 Å². The van der Waals surface area contributed by atoms with Crippen molar-refractivity contribution in [1.29, 1.82) is 0 Å². The zero-order chi connectivity index (χ0) is 13.2. The van der Waals surface area contributed by atoms with Crippen molar-refractivity contribution in [1.82, 2.24) is 19.6 Å². The molecule has 2 aromatic rings. The normalized spacial score (nSPS) is 18.4. The largest absolute Gasteiger partial charge is 0.315 e. The summed E-state index contributed by atoms with van der Waals surface area (Å²) in [5.41, 5.74) is 1.53. The van der Waals surface area contributed by atoms with Crippen molar-refractivity contribution in [2.45, 2.75) is 19.0 Å². The summed E-state index contributed by atoms with van der Waals surface area (Å²) in [5, 5.41) is 3.35. The summed E-state index contributed by atoms with van der Waals surface area (Å²) in [7, 11) is 2.09. The van der Waals surface area contributed by atoms with Crippen LogP contribution in [0.3, 0.4) is 0 Å². The van der Waals surface area contributed by atoms with Crippen molar-refractivity contribution in [2.24, 2.45) is 0 Å². The fourth-order valence-corrected chi connectivity index (χ4v) is 2.58. The van der Waals surface area contributed by atoms with Gasteiger partial charge in [0.15, 0.2) is 0 Å². The zero-order valence-electron chi connectivity index (χ0n) is 11.5. The summed E-state index contributed by atoms with van der Waals surface area (Å²) < 4.78 is 1.57. The number of hydrogen-bond acceptors (Lipinski definition) is 4. The Morgan fingerprint density at radius 2 is 2.35 bits per heavy atom. The molecule has 1 aliphatic heterocycles. The number of hydrogen-bond donors (Lipinski definition) is 1. The highest BCUT2D eigenvalue weighted by Gasteiger charge is 2.19. The third kappa shape index (κ3) is 3.00. The molecule has 0 saturated carbocycles. The van der Waals surface area contributed by atoms with Crippen molar-refractivity contribution in [2.75, 3.05) is 20.1 Å². The Balaban J connectivity index is 0.00000147. The lowest BCUT2D eigenvalue weighted by molar-refractivity contribution is 0.246. The van der Waals surface area contributed by atoms with Gasteiger partial charge in [0.05, 0.1) is 5.69 Å². The molecule has 1 fully saturated rings. The predicted octanol–water partition coefficient (Wildman–Crippen LogP) is 0.910. The Morgan fingerprint density at radius 1 is 1.50 bits per heavy atom. The van der Waals surface area contributed by atoms with Crippen molar-refractivity contribution in [3.8, 4) is 0 Å². The molecular formula is C14H19ClN4O. The highest BCUT2D eigenvalue weighted by Crippen LogP contribution is 2.09. The molecule has 6 heteroatoms. The third-order valence-corrected chi connectivity index (χ3v) is 3.69. The maximum atomic E-state index is 12.0. The zero-order valence-corrected chi connectivity index (χ0v) is 12.3. The van der Waals surface area contributed by atoms with E-state index in [4.69, 9.17) is 0 Å². The van der Waals surface area contributed by atoms with E-state index in [1.54, 1.807) is 16.7 Å². The first-order valence-electron chi connectivity index (χ1n) is 6.62. The molecule has 1 saturated heterocycles. The highest BCUT2D eigenvalue weighted by atomic mass is 35.5. The van der Waals surface area contributed by atoms with Gasteiger partial charge >= 0.3 is 0 Å². The molecule has 0 spiro atoms. The summed E-state index contributed by atoms with van der Waals surface area (Å²) in [4.78, 5) is 18.8. The number of rotatable bonds is 3. The second-order valence-corrected chi connectivity index (χ2v) is 5.08. The number of nitrogens with zero attached hydrogens (tertiary/aromatic N) is 3. The van der Waals surface area contributed by atoms with Crippen LogP contribution in [0.5, 0.6) is 0 Å². The van der Waals surface area contributed by atoms with Crippen LogP contribution >= 0.6 is 12.4 Å². The molecule has 0 aromatic carbocycles. The molecule has 0 bridgehead atoms. The first-order valence-corrected chi connectivity index (χ1v) is 6.62. The molecule has 1 atom stereocenters. The SMILES string of the molecule is CN(Cc1cc(=O)n2ccccc2n1)C1CCNC1.Cl. The molecule has 5 nitrogen and oxygen atoms in total. The van der Waals surface area contributed by atoms with Gasteiger partial charge in [-0.2, -0.15) is 0 Å². The standard InChI is InChI=1S/C14H18N4O.ClH/c1-17(12-5-6-15-9-12)10-11-8-14(19)18-7-3-2-4-13(18)16-11;/h2-4,7-8,12,15H,5-6,9-10H2,1H3;1H. The molecule has 1 N–H and O–H groups in total. The van der Waals surface area contributed by atoms with Gasteiger partial charge in [0, 0.05) is 31.4 Å². The quantitative estimate of drug-likeness (QED) is 0.914. The number of nitrogens with one attached hydrogen (secondary N) is 1. The number of fused-ring (bicyclic) bond motifs is 1. The lowest BCUT2D eigenvalue weighted by Gasteiger charge is -2.22. The van der Waals surface area contributed by atoms with E-state index in [1.165, 1.54) is 0 Å². The van der Waals surface area contributed by atoms with Crippen molar-refractivity contribution >= 4 is 18.1 Å². The van der Waals surface area contributed by atoms with Gasteiger partial charge in [0.1, 0.15) is 5.65 Å². The van der Waals surface area contributed by atoms with E-state index >= 15 is 0 Å². The molecule has 3 heterocycles. The fourth-order valence-electron chi connectivity index (χ4n) is 2.58. The van der Waals surface area contributed by atoms with E-state index in [9.17, 15) is 4.79 Å². The van der Waals surface area contributed by atoms with Gasteiger partial charge in [-0.3, -0.25) is 14.1 Å².